The first-order valence-electron chi connectivity index (χ1n) is 8.80. The molecule has 0 bridgehead atoms. The Morgan fingerprint density at radius 3 is 3.04 bits per heavy atom. The summed E-state index contributed by atoms with van der Waals surface area (Å²) in [6, 6.07) is 8.05. The summed E-state index contributed by atoms with van der Waals surface area (Å²) in [5.74, 6) is 1.49. The molecule has 0 saturated carbocycles. The van der Waals surface area contributed by atoms with Gasteiger partial charge in [0.1, 0.15) is 12.4 Å². The molecule has 5 nitrogen and oxygen atoms in total. The van der Waals surface area contributed by atoms with Crippen molar-refractivity contribution in [1.82, 2.24) is 10.2 Å². The molecule has 1 aromatic carbocycles. The SMILES string of the molecule is COc1cccc(COCC(=O)NC[C@@H](C)N2CCC[C@@H](C)C2)c1. The second-order valence-electron chi connectivity index (χ2n) is 6.74. The minimum Gasteiger partial charge on any atom is -0.497 e. The minimum atomic E-state index is -0.0604. The number of rotatable bonds is 8. The van der Waals surface area contributed by atoms with E-state index >= 15 is 0 Å². The molecule has 134 valence electrons. The zero-order chi connectivity index (χ0) is 17.4. The van der Waals surface area contributed by atoms with Crippen LogP contribution in [-0.2, 0) is 16.1 Å². The van der Waals surface area contributed by atoms with Crippen LogP contribution in [0.25, 0.3) is 0 Å². The summed E-state index contributed by atoms with van der Waals surface area (Å²) >= 11 is 0. The number of ether oxygens (including phenoxy) is 2. The Bertz CT molecular complexity index is 521. The van der Waals surface area contributed by atoms with Gasteiger partial charge in [0, 0.05) is 19.1 Å². The Balaban J connectivity index is 1.64. The smallest absolute Gasteiger partial charge is 0.246 e. The molecule has 0 spiro atoms. The van der Waals surface area contributed by atoms with E-state index in [2.05, 4.69) is 24.1 Å². The highest BCUT2D eigenvalue weighted by atomic mass is 16.5. The summed E-state index contributed by atoms with van der Waals surface area (Å²) < 4.78 is 10.7. The van der Waals surface area contributed by atoms with E-state index < -0.39 is 0 Å². The second kappa shape index (κ2) is 9.64. The van der Waals surface area contributed by atoms with Gasteiger partial charge < -0.3 is 14.8 Å². The molecule has 2 rings (SSSR count). The Labute approximate surface area is 145 Å². The Hall–Kier alpha value is -1.59. The Morgan fingerprint density at radius 1 is 1.46 bits per heavy atom. The number of hydrogen-bond donors (Lipinski definition) is 1. The zero-order valence-corrected chi connectivity index (χ0v) is 15.1. The largest absolute Gasteiger partial charge is 0.497 e. The van der Waals surface area contributed by atoms with Crippen LogP contribution < -0.4 is 10.1 Å². The van der Waals surface area contributed by atoms with Gasteiger partial charge in [-0.2, -0.15) is 0 Å². The van der Waals surface area contributed by atoms with Crippen molar-refractivity contribution in [3.8, 4) is 5.75 Å². The van der Waals surface area contributed by atoms with Gasteiger partial charge in [0.2, 0.25) is 5.91 Å². The van der Waals surface area contributed by atoms with Crippen LogP contribution in [-0.4, -0.2) is 50.2 Å². The van der Waals surface area contributed by atoms with Crippen LogP contribution in [0.5, 0.6) is 5.75 Å². The van der Waals surface area contributed by atoms with Crippen molar-refractivity contribution >= 4 is 5.91 Å². The second-order valence-corrected chi connectivity index (χ2v) is 6.74. The van der Waals surface area contributed by atoms with Crippen LogP contribution >= 0.6 is 0 Å². The van der Waals surface area contributed by atoms with Crippen molar-refractivity contribution in [3.63, 3.8) is 0 Å². The maximum Gasteiger partial charge on any atom is 0.246 e. The van der Waals surface area contributed by atoms with Gasteiger partial charge >= 0.3 is 0 Å². The predicted molar refractivity (Wildman–Crippen MR) is 95.1 cm³/mol. The topological polar surface area (TPSA) is 50.8 Å². The standard InChI is InChI=1S/C19H30N2O3/c1-15-6-5-9-21(12-15)16(2)11-20-19(22)14-24-13-17-7-4-8-18(10-17)23-3/h4,7-8,10,15-16H,5-6,9,11-14H2,1-3H3,(H,20,22)/t15-,16-/m1/s1. The number of benzene rings is 1. The van der Waals surface area contributed by atoms with E-state index in [4.69, 9.17) is 9.47 Å². The van der Waals surface area contributed by atoms with E-state index in [-0.39, 0.29) is 12.5 Å². The summed E-state index contributed by atoms with van der Waals surface area (Å²) in [6.07, 6.45) is 2.57. The van der Waals surface area contributed by atoms with Crippen LogP contribution in [0, 0.1) is 5.92 Å². The number of amides is 1. The molecule has 2 atom stereocenters. The van der Waals surface area contributed by atoms with E-state index in [1.165, 1.54) is 12.8 Å². The summed E-state index contributed by atoms with van der Waals surface area (Å²) in [6.45, 7) is 7.90. The van der Waals surface area contributed by atoms with Gasteiger partial charge in [-0.1, -0.05) is 19.1 Å². The van der Waals surface area contributed by atoms with Crippen LogP contribution in [0.2, 0.25) is 0 Å². The fraction of sp³-hybridized carbons (Fsp3) is 0.632. The molecule has 24 heavy (non-hydrogen) atoms. The molecule has 1 aliphatic heterocycles. The van der Waals surface area contributed by atoms with Crippen molar-refractivity contribution in [2.75, 3.05) is 33.4 Å². The quantitative estimate of drug-likeness (QED) is 0.793. The molecule has 1 saturated heterocycles. The highest BCUT2D eigenvalue weighted by Gasteiger charge is 2.21. The number of likely N-dealkylation sites (tertiary alicyclic amines) is 1. The van der Waals surface area contributed by atoms with Gasteiger partial charge in [0.05, 0.1) is 13.7 Å². The molecule has 5 heteroatoms. The predicted octanol–water partition coefficient (Wildman–Crippen LogP) is 2.45. The van der Waals surface area contributed by atoms with Gasteiger partial charge in [0.15, 0.2) is 0 Å². The van der Waals surface area contributed by atoms with Crippen molar-refractivity contribution in [1.29, 1.82) is 0 Å². The molecule has 1 heterocycles. The summed E-state index contributed by atoms with van der Waals surface area (Å²) in [7, 11) is 1.64. The van der Waals surface area contributed by atoms with Crippen molar-refractivity contribution in [2.45, 2.75) is 39.3 Å². The third-order valence-corrected chi connectivity index (χ3v) is 4.54. The van der Waals surface area contributed by atoms with E-state index in [1.54, 1.807) is 7.11 Å². The molecule has 0 unspecified atom stereocenters. The molecule has 1 amide bonds. The zero-order valence-electron chi connectivity index (χ0n) is 15.1. The summed E-state index contributed by atoms with van der Waals surface area (Å²) in [5, 5.41) is 2.97. The molecule has 1 fully saturated rings. The third kappa shape index (κ3) is 6.13. The number of hydrogen-bond acceptors (Lipinski definition) is 4. The van der Waals surface area contributed by atoms with E-state index in [0.717, 1.165) is 30.3 Å². The monoisotopic (exact) mass is 334 g/mol. The number of methoxy groups -OCH3 is 1. The van der Waals surface area contributed by atoms with Crippen LogP contribution in [0.3, 0.4) is 0 Å². The van der Waals surface area contributed by atoms with Crippen LogP contribution in [0.1, 0.15) is 32.3 Å². The lowest BCUT2D eigenvalue weighted by Crippen LogP contribution is -2.46. The van der Waals surface area contributed by atoms with Crippen molar-refractivity contribution in [3.05, 3.63) is 29.8 Å². The summed E-state index contributed by atoms with van der Waals surface area (Å²) in [4.78, 5) is 14.4. The molecular weight excluding hydrogens is 304 g/mol. The lowest BCUT2D eigenvalue weighted by molar-refractivity contribution is -0.126. The number of nitrogens with one attached hydrogen (secondary N) is 1. The molecule has 0 aromatic heterocycles. The van der Waals surface area contributed by atoms with Gasteiger partial charge in [-0.25, -0.2) is 0 Å². The minimum absolute atomic E-state index is 0.0604. The van der Waals surface area contributed by atoms with Crippen LogP contribution in [0.15, 0.2) is 24.3 Å². The fourth-order valence-corrected chi connectivity index (χ4v) is 3.09. The first kappa shape index (κ1) is 18.7. The van der Waals surface area contributed by atoms with E-state index in [1.807, 2.05) is 24.3 Å². The highest BCUT2D eigenvalue weighted by Crippen LogP contribution is 2.17. The molecule has 1 aromatic rings. The maximum absolute atomic E-state index is 11.9. The van der Waals surface area contributed by atoms with Gasteiger partial charge in [0.25, 0.3) is 0 Å². The molecular formula is C19H30N2O3. The molecule has 0 radical (unpaired) electrons. The first-order valence-corrected chi connectivity index (χ1v) is 8.80. The maximum atomic E-state index is 11.9. The van der Waals surface area contributed by atoms with Crippen LogP contribution in [0.4, 0.5) is 0 Å². The van der Waals surface area contributed by atoms with Crippen molar-refractivity contribution in [2.24, 2.45) is 5.92 Å². The van der Waals surface area contributed by atoms with E-state index in [9.17, 15) is 4.79 Å². The van der Waals surface area contributed by atoms with E-state index in [0.29, 0.717) is 19.2 Å². The number of piperidine rings is 1. The normalized spacial score (nSPS) is 19.7. The van der Waals surface area contributed by atoms with Gasteiger partial charge in [-0.15, -0.1) is 0 Å². The summed E-state index contributed by atoms with van der Waals surface area (Å²) in [5.41, 5.74) is 0.998. The Morgan fingerprint density at radius 2 is 2.29 bits per heavy atom. The first-order chi connectivity index (χ1) is 11.6. The molecule has 0 aliphatic carbocycles. The molecule has 1 aliphatic rings. The van der Waals surface area contributed by atoms with Gasteiger partial charge in [-0.3, -0.25) is 9.69 Å². The number of carbonyl (C=O) groups is 1. The lowest BCUT2D eigenvalue weighted by Gasteiger charge is -2.35. The average molecular weight is 334 g/mol. The lowest BCUT2D eigenvalue weighted by atomic mass is 9.99. The fourth-order valence-electron chi connectivity index (χ4n) is 3.09. The third-order valence-electron chi connectivity index (χ3n) is 4.54. The Kier molecular flexibility index (Phi) is 7.53. The average Bonchev–Trinajstić information content (AvgIpc) is 2.60. The van der Waals surface area contributed by atoms with Crippen molar-refractivity contribution < 1.29 is 14.3 Å². The molecule has 1 N–H and O–H groups in total. The number of carbonyl (C=O) groups excluding carboxylic acids is 1. The van der Waals surface area contributed by atoms with Gasteiger partial charge in [-0.05, 0) is 49.9 Å². The highest BCUT2D eigenvalue weighted by molar-refractivity contribution is 5.77. The number of nitrogens with zero attached hydrogens (tertiary/aromatic N) is 1.